The molecule has 0 saturated heterocycles. The smallest absolute Gasteiger partial charge is 0.231 e. The SMILES string of the molecule is Nc1ccccc1Cc1nc(-c2ccc(F)cc2Cl)no1. The van der Waals surface area contributed by atoms with Crippen LogP contribution in [0.25, 0.3) is 11.4 Å². The lowest BCUT2D eigenvalue weighted by atomic mass is 10.1. The van der Waals surface area contributed by atoms with Gasteiger partial charge in [-0.1, -0.05) is 35.0 Å². The fourth-order valence-electron chi connectivity index (χ4n) is 1.96. The van der Waals surface area contributed by atoms with E-state index in [0.29, 0.717) is 29.4 Å². The van der Waals surface area contributed by atoms with Crippen LogP contribution in [0.3, 0.4) is 0 Å². The van der Waals surface area contributed by atoms with Crippen molar-refractivity contribution in [1.82, 2.24) is 10.1 Å². The second-order valence-electron chi connectivity index (χ2n) is 4.51. The Kier molecular flexibility index (Phi) is 3.58. The van der Waals surface area contributed by atoms with Gasteiger partial charge in [-0.05, 0) is 29.8 Å². The molecule has 1 aromatic heterocycles. The van der Waals surface area contributed by atoms with Crippen molar-refractivity contribution < 1.29 is 8.91 Å². The minimum Gasteiger partial charge on any atom is -0.398 e. The van der Waals surface area contributed by atoms with Gasteiger partial charge in [-0.25, -0.2) is 4.39 Å². The molecule has 3 rings (SSSR count). The number of rotatable bonds is 3. The van der Waals surface area contributed by atoms with Crippen molar-refractivity contribution in [2.75, 3.05) is 5.73 Å². The van der Waals surface area contributed by atoms with Crippen LogP contribution in [0, 0.1) is 5.82 Å². The molecule has 0 aliphatic carbocycles. The molecule has 21 heavy (non-hydrogen) atoms. The number of anilines is 1. The lowest BCUT2D eigenvalue weighted by molar-refractivity contribution is 0.386. The second-order valence-corrected chi connectivity index (χ2v) is 4.92. The summed E-state index contributed by atoms with van der Waals surface area (Å²) in [6, 6.07) is 11.5. The van der Waals surface area contributed by atoms with E-state index in [-0.39, 0.29) is 5.02 Å². The van der Waals surface area contributed by atoms with Gasteiger partial charge in [0.2, 0.25) is 11.7 Å². The molecule has 0 fully saturated rings. The minimum absolute atomic E-state index is 0.238. The monoisotopic (exact) mass is 303 g/mol. The molecule has 0 amide bonds. The van der Waals surface area contributed by atoms with E-state index in [1.165, 1.54) is 18.2 Å². The zero-order valence-electron chi connectivity index (χ0n) is 10.9. The van der Waals surface area contributed by atoms with Gasteiger partial charge in [-0.2, -0.15) is 4.98 Å². The van der Waals surface area contributed by atoms with Crippen molar-refractivity contribution in [3.8, 4) is 11.4 Å². The first kappa shape index (κ1) is 13.6. The number of benzene rings is 2. The molecular formula is C15H11ClFN3O. The summed E-state index contributed by atoms with van der Waals surface area (Å²) in [5.41, 5.74) is 7.96. The predicted molar refractivity (Wildman–Crippen MR) is 78.4 cm³/mol. The standard InChI is InChI=1S/C15H11ClFN3O/c16-12-8-10(17)5-6-11(12)15-19-14(21-20-15)7-9-3-1-2-4-13(9)18/h1-6,8H,7,18H2. The first-order valence-corrected chi connectivity index (χ1v) is 6.62. The maximum Gasteiger partial charge on any atom is 0.231 e. The van der Waals surface area contributed by atoms with Crippen molar-refractivity contribution in [3.05, 3.63) is 64.8 Å². The Morgan fingerprint density at radius 3 is 2.76 bits per heavy atom. The molecule has 1 heterocycles. The Balaban J connectivity index is 1.88. The highest BCUT2D eigenvalue weighted by atomic mass is 35.5. The topological polar surface area (TPSA) is 64.9 Å². The molecule has 4 nitrogen and oxygen atoms in total. The van der Waals surface area contributed by atoms with Crippen molar-refractivity contribution in [1.29, 1.82) is 0 Å². The van der Waals surface area contributed by atoms with E-state index in [4.69, 9.17) is 21.9 Å². The number of para-hydroxylation sites is 1. The van der Waals surface area contributed by atoms with Gasteiger partial charge in [0.25, 0.3) is 0 Å². The highest BCUT2D eigenvalue weighted by Crippen LogP contribution is 2.26. The lowest BCUT2D eigenvalue weighted by Crippen LogP contribution is -1.95. The zero-order valence-corrected chi connectivity index (χ0v) is 11.6. The molecule has 0 aliphatic heterocycles. The van der Waals surface area contributed by atoms with Gasteiger partial charge >= 0.3 is 0 Å². The summed E-state index contributed by atoms with van der Waals surface area (Å²) in [5.74, 6) is 0.331. The van der Waals surface area contributed by atoms with Crippen molar-refractivity contribution >= 4 is 17.3 Å². The van der Waals surface area contributed by atoms with E-state index < -0.39 is 5.82 Å². The molecular weight excluding hydrogens is 293 g/mol. The Bertz CT molecular complexity index is 788. The van der Waals surface area contributed by atoms with E-state index in [9.17, 15) is 4.39 Å². The van der Waals surface area contributed by atoms with Crippen molar-refractivity contribution in [2.24, 2.45) is 0 Å². The highest BCUT2D eigenvalue weighted by Gasteiger charge is 2.13. The van der Waals surface area contributed by atoms with Gasteiger partial charge < -0.3 is 10.3 Å². The fraction of sp³-hybridized carbons (Fsp3) is 0.0667. The summed E-state index contributed by atoms with van der Waals surface area (Å²) < 4.78 is 18.2. The van der Waals surface area contributed by atoms with Crippen LogP contribution in [0.4, 0.5) is 10.1 Å². The van der Waals surface area contributed by atoms with E-state index >= 15 is 0 Å². The molecule has 3 aromatic rings. The molecule has 0 radical (unpaired) electrons. The third-order valence-electron chi connectivity index (χ3n) is 3.04. The van der Waals surface area contributed by atoms with Crippen LogP contribution in [0.15, 0.2) is 47.0 Å². The molecule has 0 unspecified atom stereocenters. The summed E-state index contributed by atoms with van der Waals surface area (Å²) in [6.45, 7) is 0. The van der Waals surface area contributed by atoms with Crippen molar-refractivity contribution in [3.63, 3.8) is 0 Å². The van der Waals surface area contributed by atoms with Gasteiger partial charge in [-0.15, -0.1) is 0 Å². The van der Waals surface area contributed by atoms with Gasteiger partial charge in [0, 0.05) is 11.3 Å². The normalized spacial score (nSPS) is 10.8. The van der Waals surface area contributed by atoms with Crippen LogP contribution < -0.4 is 5.73 Å². The Morgan fingerprint density at radius 1 is 1.19 bits per heavy atom. The summed E-state index contributed by atoms with van der Waals surface area (Å²) in [5, 5.41) is 4.11. The molecule has 2 N–H and O–H groups in total. The highest BCUT2D eigenvalue weighted by molar-refractivity contribution is 6.33. The fourth-order valence-corrected chi connectivity index (χ4v) is 2.22. The molecule has 0 bridgehead atoms. The third-order valence-corrected chi connectivity index (χ3v) is 3.35. The number of hydrogen-bond acceptors (Lipinski definition) is 4. The van der Waals surface area contributed by atoms with Crippen LogP contribution in [-0.4, -0.2) is 10.1 Å². The summed E-state index contributed by atoms with van der Waals surface area (Å²) in [7, 11) is 0. The van der Waals surface area contributed by atoms with Crippen molar-refractivity contribution in [2.45, 2.75) is 6.42 Å². The van der Waals surface area contributed by atoms with Gasteiger partial charge in [-0.3, -0.25) is 0 Å². The van der Waals surface area contributed by atoms with E-state index in [1.54, 1.807) is 0 Å². The average Bonchev–Trinajstić information content (AvgIpc) is 2.90. The Morgan fingerprint density at radius 2 is 2.00 bits per heavy atom. The number of nitrogens with zero attached hydrogens (tertiary/aromatic N) is 2. The van der Waals surface area contributed by atoms with Crippen LogP contribution in [0.5, 0.6) is 0 Å². The van der Waals surface area contributed by atoms with Gasteiger partial charge in [0.1, 0.15) is 5.82 Å². The number of hydrogen-bond donors (Lipinski definition) is 1. The summed E-state index contributed by atoms with van der Waals surface area (Å²) >= 11 is 5.98. The zero-order chi connectivity index (χ0) is 14.8. The molecule has 0 atom stereocenters. The average molecular weight is 304 g/mol. The molecule has 0 aliphatic rings. The molecule has 6 heteroatoms. The Hall–Kier alpha value is -2.40. The molecule has 0 spiro atoms. The van der Waals surface area contributed by atoms with Crippen LogP contribution in [0.1, 0.15) is 11.5 Å². The first-order chi connectivity index (χ1) is 10.1. The molecule has 106 valence electrons. The maximum atomic E-state index is 13.0. The van der Waals surface area contributed by atoms with E-state index in [0.717, 1.165) is 5.56 Å². The summed E-state index contributed by atoms with van der Waals surface area (Å²) in [6.07, 6.45) is 0.429. The molecule has 2 aromatic carbocycles. The largest absolute Gasteiger partial charge is 0.398 e. The van der Waals surface area contributed by atoms with Gasteiger partial charge in [0.05, 0.1) is 11.4 Å². The Labute approximate surface area is 125 Å². The number of halogens is 2. The van der Waals surface area contributed by atoms with E-state index in [1.807, 2.05) is 24.3 Å². The minimum atomic E-state index is -0.412. The number of nitrogens with two attached hydrogens (primary N) is 1. The second kappa shape index (κ2) is 5.54. The van der Waals surface area contributed by atoms with Crippen LogP contribution in [-0.2, 0) is 6.42 Å². The van der Waals surface area contributed by atoms with E-state index in [2.05, 4.69) is 10.1 Å². The lowest BCUT2D eigenvalue weighted by Gasteiger charge is -2.00. The maximum absolute atomic E-state index is 13.0. The number of nitrogen functional groups attached to an aromatic ring is 1. The predicted octanol–water partition coefficient (Wildman–Crippen LogP) is 3.70. The molecule has 0 saturated carbocycles. The quantitative estimate of drug-likeness (QED) is 0.749. The number of aromatic nitrogens is 2. The van der Waals surface area contributed by atoms with Crippen LogP contribution in [0.2, 0.25) is 5.02 Å². The first-order valence-electron chi connectivity index (χ1n) is 6.25. The van der Waals surface area contributed by atoms with Gasteiger partial charge in [0.15, 0.2) is 0 Å². The summed E-state index contributed by atoms with van der Waals surface area (Å²) in [4.78, 5) is 4.27. The third kappa shape index (κ3) is 2.87. The van der Waals surface area contributed by atoms with Crippen LogP contribution >= 0.6 is 11.6 Å².